The molecule has 3 nitrogen and oxygen atoms in total. The minimum atomic E-state index is -1.76. The molecular formula is C19H34N2OSSi. The second kappa shape index (κ2) is 9.06. The fraction of sp³-hybridized carbons (Fsp3) is 0.632. The zero-order chi connectivity index (χ0) is 18.4. The van der Waals surface area contributed by atoms with E-state index in [1.165, 1.54) is 0 Å². The maximum Gasteiger partial charge on any atom is 0.192 e. The molecule has 0 aliphatic rings. The molecule has 0 saturated carbocycles. The number of thioether (sulfide) groups is 1. The van der Waals surface area contributed by atoms with Crippen molar-refractivity contribution in [3.05, 3.63) is 37.2 Å². The first-order valence-electron chi connectivity index (χ1n) is 8.68. The van der Waals surface area contributed by atoms with Crippen LogP contribution in [0, 0.1) is 0 Å². The predicted molar refractivity (Wildman–Crippen MR) is 109 cm³/mol. The monoisotopic (exact) mass is 366 g/mol. The third kappa shape index (κ3) is 6.26. The van der Waals surface area contributed by atoms with Crippen molar-refractivity contribution in [2.75, 3.05) is 0 Å². The molecule has 0 N–H and O–H groups in total. The summed E-state index contributed by atoms with van der Waals surface area (Å²) in [5.74, 6) is 0. The van der Waals surface area contributed by atoms with Crippen LogP contribution in [0.1, 0.15) is 40.5 Å². The number of allylic oxidation sites excluding steroid dienone is 1. The van der Waals surface area contributed by atoms with E-state index in [0.717, 1.165) is 18.0 Å². The molecule has 1 unspecified atom stereocenters. The summed E-state index contributed by atoms with van der Waals surface area (Å²) in [5.41, 5.74) is 0. The first kappa shape index (κ1) is 21.3. The van der Waals surface area contributed by atoms with Gasteiger partial charge in [0.15, 0.2) is 13.5 Å². The fourth-order valence-electron chi connectivity index (χ4n) is 2.12. The Morgan fingerprint density at radius 2 is 2.04 bits per heavy atom. The molecule has 0 radical (unpaired) electrons. The number of rotatable bonds is 9. The van der Waals surface area contributed by atoms with Gasteiger partial charge < -0.3 is 8.99 Å². The van der Waals surface area contributed by atoms with Crippen LogP contribution in [0.3, 0.4) is 0 Å². The molecule has 136 valence electrons. The standard InChI is InChI=1S/C19H34N2OSSi/c1-9-11-16(22-24(7,8)19(3,4)5)12-13-17(10-2)23-18-20-14-15-21(18)6/h9-11,14-17H,2,12-13H2,1,3-8H3/b11-9+/t16-,17?/m0/s1. The Morgan fingerprint density at radius 1 is 1.38 bits per heavy atom. The van der Waals surface area contributed by atoms with Gasteiger partial charge in [-0.3, -0.25) is 0 Å². The van der Waals surface area contributed by atoms with Crippen molar-refractivity contribution in [2.45, 2.75) is 75.2 Å². The second-order valence-electron chi connectivity index (χ2n) is 7.73. The van der Waals surface area contributed by atoms with Crippen LogP contribution in [0.15, 0.2) is 42.4 Å². The fourth-order valence-corrected chi connectivity index (χ4v) is 4.40. The summed E-state index contributed by atoms with van der Waals surface area (Å²) in [7, 11) is 0.266. The van der Waals surface area contributed by atoms with Crippen LogP contribution in [0.25, 0.3) is 0 Å². The van der Waals surface area contributed by atoms with Crippen LogP contribution in [0.2, 0.25) is 18.1 Å². The van der Waals surface area contributed by atoms with E-state index in [1.54, 1.807) is 11.8 Å². The Bertz CT molecular complexity index is 546. The summed E-state index contributed by atoms with van der Waals surface area (Å²) in [5, 5.41) is 1.61. The van der Waals surface area contributed by atoms with Crippen LogP contribution in [0.4, 0.5) is 0 Å². The van der Waals surface area contributed by atoms with Crippen molar-refractivity contribution < 1.29 is 4.43 Å². The highest BCUT2D eigenvalue weighted by Gasteiger charge is 2.38. The highest BCUT2D eigenvalue weighted by Crippen LogP contribution is 2.38. The van der Waals surface area contributed by atoms with Crippen LogP contribution in [0.5, 0.6) is 0 Å². The number of nitrogens with zero attached hydrogens (tertiary/aromatic N) is 2. The van der Waals surface area contributed by atoms with Gasteiger partial charge in [-0.1, -0.05) is 50.8 Å². The van der Waals surface area contributed by atoms with E-state index in [9.17, 15) is 0 Å². The van der Waals surface area contributed by atoms with E-state index in [0.29, 0.717) is 5.25 Å². The number of aromatic nitrogens is 2. The normalized spacial score (nSPS) is 15.6. The largest absolute Gasteiger partial charge is 0.411 e. The van der Waals surface area contributed by atoms with Gasteiger partial charge in [-0.2, -0.15) is 0 Å². The first-order chi connectivity index (χ1) is 11.1. The first-order valence-corrected chi connectivity index (χ1v) is 12.5. The van der Waals surface area contributed by atoms with Crippen molar-refractivity contribution in [2.24, 2.45) is 7.05 Å². The number of imidazole rings is 1. The molecule has 0 amide bonds. The molecule has 0 aliphatic carbocycles. The van der Waals surface area contributed by atoms with Gasteiger partial charge in [0.05, 0.1) is 6.10 Å². The maximum atomic E-state index is 6.58. The Balaban J connectivity index is 2.68. The van der Waals surface area contributed by atoms with Crippen LogP contribution in [-0.2, 0) is 11.5 Å². The van der Waals surface area contributed by atoms with E-state index in [4.69, 9.17) is 4.43 Å². The number of hydrogen-bond donors (Lipinski definition) is 0. The van der Waals surface area contributed by atoms with Gasteiger partial charge in [0, 0.05) is 24.7 Å². The van der Waals surface area contributed by atoms with E-state index in [2.05, 4.69) is 69.1 Å². The molecular weight excluding hydrogens is 332 g/mol. The minimum Gasteiger partial charge on any atom is -0.411 e. The van der Waals surface area contributed by atoms with Crippen LogP contribution >= 0.6 is 11.8 Å². The summed E-state index contributed by atoms with van der Waals surface area (Å²) in [6, 6.07) is 0. The van der Waals surface area contributed by atoms with Gasteiger partial charge in [0.25, 0.3) is 0 Å². The molecule has 0 aliphatic heterocycles. The topological polar surface area (TPSA) is 27.1 Å². The second-order valence-corrected chi connectivity index (χ2v) is 13.7. The lowest BCUT2D eigenvalue weighted by atomic mass is 10.1. The summed E-state index contributed by atoms with van der Waals surface area (Å²) in [4.78, 5) is 4.40. The molecule has 0 fully saturated rings. The molecule has 1 rings (SSSR count). The molecule has 0 saturated heterocycles. The molecule has 1 aromatic rings. The minimum absolute atomic E-state index is 0.181. The van der Waals surface area contributed by atoms with Crippen molar-refractivity contribution in [3.63, 3.8) is 0 Å². The maximum absolute atomic E-state index is 6.58. The van der Waals surface area contributed by atoms with Gasteiger partial charge in [-0.05, 0) is 37.9 Å². The lowest BCUT2D eigenvalue weighted by molar-refractivity contribution is 0.213. The molecule has 0 aromatic carbocycles. The van der Waals surface area contributed by atoms with E-state index in [-0.39, 0.29) is 11.1 Å². The third-order valence-corrected chi connectivity index (χ3v) is 10.5. The molecule has 2 atom stereocenters. The summed E-state index contributed by atoms with van der Waals surface area (Å²) >= 11 is 1.77. The average Bonchev–Trinajstić information content (AvgIpc) is 2.87. The average molecular weight is 367 g/mol. The lowest BCUT2D eigenvalue weighted by Crippen LogP contribution is -2.43. The highest BCUT2D eigenvalue weighted by atomic mass is 32.2. The number of hydrogen-bond acceptors (Lipinski definition) is 3. The molecule has 1 heterocycles. The smallest absolute Gasteiger partial charge is 0.192 e. The van der Waals surface area contributed by atoms with Gasteiger partial charge >= 0.3 is 0 Å². The third-order valence-electron chi connectivity index (χ3n) is 4.69. The van der Waals surface area contributed by atoms with Crippen molar-refractivity contribution in [3.8, 4) is 0 Å². The molecule has 0 spiro atoms. The number of aryl methyl sites for hydroxylation is 1. The van der Waals surface area contributed by atoms with E-state index < -0.39 is 8.32 Å². The van der Waals surface area contributed by atoms with Crippen molar-refractivity contribution >= 4 is 20.1 Å². The zero-order valence-corrected chi connectivity index (χ0v) is 18.2. The van der Waals surface area contributed by atoms with E-state index >= 15 is 0 Å². The van der Waals surface area contributed by atoms with Gasteiger partial charge in [-0.15, -0.1) is 6.58 Å². The Kier molecular flexibility index (Phi) is 8.03. The SMILES string of the molecule is C=CC(CC[C@H](/C=C/C)O[Si](C)(C)C(C)(C)C)Sc1nccn1C. The predicted octanol–water partition coefficient (Wildman–Crippen LogP) is 5.81. The van der Waals surface area contributed by atoms with Crippen molar-refractivity contribution in [1.29, 1.82) is 0 Å². The Hall–Kier alpha value is -0.783. The van der Waals surface area contributed by atoms with Crippen molar-refractivity contribution in [1.82, 2.24) is 9.55 Å². The zero-order valence-electron chi connectivity index (χ0n) is 16.4. The molecule has 0 bridgehead atoms. The summed E-state index contributed by atoms with van der Waals surface area (Å²) < 4.78 is 8.64. The summed E-state index contributed by atoms with van der Waals surface area (Å²) in [6.45, 7) is 17.6. The summed E-state index contributed by atoms with van der Waals surface area (Å²) in [6.07, 6.45) is 12.4. The lowest BCUT2D eigenvalue weighted by Gasteiger charge is -2.38. The molecule has 1 aromatic heterocycles. The molecule has 24 heavy (non-hydrogen) atoms. The van der Waals surface area contributed by atoms with Crippen LogP contribution in [-0.4, -0.2) is 29.2 Å². The van der Waals surface area contributed by atoms with Gasteiger partial charge in [-0.25, -0.2) is 4.98 Å². The highest BCUT2D eigenvalue weighted by molar-refractivity contribution is 7.99. The van der Waals surface area contributed by atoms with E-state index in [1.807, 2.05) is 25.5 Å². The Morgan fingerprint density at radius 3 is 2.50 bits per heavy atom. The van der Waals surface area contributed by atoms with Gasteiger partial charge in [0.2, 0.25) is 0 Å². The van der Waals surface area contributed by atoms with Crippen LogP contribution < -0.4 is 0 Å². The van der Waals surface area contributed by atoms with Gasteiger partial charge in [0.1, 0.15) is 0 Å². The molecule has 5 heteroatoms. The Labute approximate surface area is 153 Å². The quantitative estimate of drug-likeness (QED) is 0.313.